The molecule has 0 spiro atoms. The lowest BCUT2D eigenvalue weighted by molar-refractivity contribution is -0.114. The Hall–Kier alpha value is -1.49. The Morgan fingerprint density at radius 1 is 1.31 bits per heavy atom. The van der Waals surface area contributed by atoms with Crippen molar-refractivity contribution < 1.29 is 13.6 Å². The first-order chi connectivity index (χ1) is 7.54. The highest BCUT2D eigenvalue weighted by molar-refractivity contribution is 5.92. The van der Waals surface area contributed by atoms with Crippen molar-refractivity contribution in [1.29, 1.82) is 0 Å². The number of rotatable bonds is 2. The average molecular weight is 230 g/mol. The zero-order chi connectivity index (χ0) is 12.7. The lowest BCUT2D eigenvalue weighted by atomic mass is 10.2. The molecular weight excluding hydrogens is 214 g/mol. The van der Waals surface area contributed by atoms with Gasteiger partial charge >= 0.3 is 0 Å². The van der Waals surface area contributed by atoms with Crippen LogP contribution in [0.2, 0.25) is 0 Å². The van der Waals surface area contributed by atoms with Crippen molar-refractivity contribution in [3.63, 3.8) is 0 Å². The van der Waals surface area contributed by atoms with Gasteiger partial charge in [-0.3, -0.25) is 4.79 Å². The van der Waals surface area contributed by atoms with Crippen molar-refractivity contribution in [2.24, 2.45) is 5.73 Å². The number of amides is 1. The molecule has 0 aliphatic heterocycles. The van der Waals surface area contributed by atoms with Gasteiger partial charge in [0.2, 0.25) is 5.91 Å². The van der Waals surface area contributed by atoms with Gasteiger partial charge in [0.15, 0.2) is 0 Å². The number of aryl methyl sites for hydroxylation is 1. The van der Waals surface area contributed by atoms with Crippen LogP contribution in [0.1, 0.15) is 19.4 Å². The first-order valence-electron chi connectivity index (χ1n) is 5.00. The lowest BCUT2D eigenvalue weighted by Crippen LogP contribution is -2.22. The van der Waals surface area contributed by atoms with Crippen molar-refractivity contribution in [2.45, 2.75) is 20.8 Å². The maximum absolute atomic E-state index is 13.0. The molecule has 0 heterocycles. The minimum Gasteiger partial charge on any atom is -0.322 e. The normalized spacial score (nSPS) is 9.12. The molecule has 90 valence electrons. The fourth-order valence-electron chi connectivity index (χ4n) is 0.954. The molecule has 16 heavy (non-hydrogen) atoms. The third kappa shape index (κ3) is 3.94. The van der Waals surface area contributed by atoms with Crippen LogP contribution in [-0.4, -0.2) is 12.5 Å². The van der Waals surface area contributed by atoms with Gasteiger partial charge in [-0.2, -0.15) is 0 Å². The van der Waals surface area contributed by atoms with E-state index in [4.69, 9.17) is 5.73 Å². The number of benzene rings is 1. The molecule has 0 bridgehead atoms. The van der Waals surface area contributed by atoms with Crippen molar-refractivity contribution in [3.05, 3.63) is 29.3 Å². The summed E-state index contributed by atoms with van der Waals surface area (Å²) >= 11 is 0. The first-order valence-corrected chi connectivity index (χ1v) is 5.00. The number of hydrogen-bond donors (Lipinski definition) is 2. The van der Waals surface area contributed by atoms with Crippen LogP contribution in [0.15, 0.2) is 12.1 Å². The minimum absolute atomic E-state index is 0.0562. The van der Waals surface area contributed by atoms with Crippen LogP contribution < -0.4 is 11.1 Å². The van der Waals surface area contributed by atoms with Gasteiger partial charge in [-0.1, -0.05) is 13.8 Å². The summed E-state index contributed by atoms with van der Waals surface area (Å²) in [5.41, 5.74) is 5.24. The molecule has 0 saturated carbocycles. The van der Waals surface area contributed by atoms with E-state index in [1.54, 1.807) is 0 Å². The number of nitrogens with one attached hydrogen (secondary N) is 1. The van der Waals surface area contributed by atoms with Gasteiger partial charge in [0.25, 0.3) is 0 Å². The van der Waals surface area contributed by atoms with Gasteiger partial charge in [-0.25, -0.2) is 8.78 Å². The maximum atomic E-state index is 13.0. The Kier molecular flexibility index (Phi) is 6.25. The molecule has 0 unspecified atom stereocenters. The zero-order valence-electron chi connectivity index (χ0n) is 9.60. The number of carbonyl (C=O) groups excluding carboxylic acids is 1. The fourth-order valence-corrected chi connectivity index (χ4v) is 0.954. The molecule has 0 atom stereocenters. The van der Waals surface area contributed by atoms with E-state index < -0.39 is 17.5 Å². The SMILES string of the molecule is CC.Cc1cc(NC(=O)CN)c(F)cc1F. The summed E-state index contributed by atoms with van der Waals surface area (Å²) in [6.07, 6.45) is 0. The second-order valence-corrected chi connectivity index (χ2v) is 2.83. The minimum atomic E-state index is -0.810. The van der Waals surface area contributed by atoms with Gasteiger partial charge in [0.1, 0.15) is 11.6 Å². The van der Waals surface area contributed by atoms with Gasteiger partial charge in [0.05, 0.1) is 12.2 Å². The third-order valence-corrected chi connectivity index (χ3v) is 1.71. The van der Waals surface area contributed by atoms with Crippen LogP contribution in [0.5, 0.6) is 0 Å². The highest BCUT2D eigenvalue weighted by atomic mass is 19.1. The Morgan fingerprint density at radius 3 is 2.38 bits per heavy atom. The van der Waals surface area contributed by atoms with Crippen molar-refractivity contribution in [2.75, 3.05) is 11.9 Å². The fraction of sp³-hybridized carbons (Fsp3) is 0.364. The molecule has 1 rings (SSSR count). The van der Waals surface area contributed by atoms with Gasteiger partial charge < -0.3 is 11.1 Å². The number of anilines is 1. The Bertz CT molecular complexity index is 367. The molecule has 0 aliphatic carbocycles. The molecule has 1 amide bonds. The lowest BCUT2D eigenvalue weighted by Gasteiger charge is -2.06. The summed E-state index contributed by atoms with van der Waals surface area (Å²) < 4.78 is 25.8. The molecule has 0 aliphatic rings. The van der Waals surface area contributed by atoms with Gasteiger partial charge in [0, 0.05) is 6.07 Å². The monoisotopic (exact) mass is 230 g/mol. The summed E-state index contributed by atoms with van der Waals surface area (Å²) in [6, 6.07) is 1.94. The Balaban J connectivity index is 0.00000106. The van der Waals surface area contributed by atoms with Gasteiger partial charge in [-0.15, -0.1) is 0 Å². The number of hydrogen-bond acceptors (Lipinski definition) is 2. The number of nitrogens with two attached hydrogens (primary N) is 1. The van der Waals surface area contributed by atoms with Crippen molar-refractivity contribution >= 4 is 11.6 Å². The standard InChI is InChI=1S/C9H10F2N2O.C2H6/c1-5-2-8(13-9(14)4-12)7(11)3-6(5)10;1-2/h2-3H,4,12H2,1H3,(H,13,14);1-2H3. The second-order valence-electron chi connectivity index (χ2n) is 2.83. The van der Waals surface area contributed by atoms with Crippen LogP contribution in [0.25, 0.3) is 0 Å². The smallest absolute Gasteiger partial charge is 0.238 e. The quantitative estimate of drug-likeness (QED) is 0.818. The molecule has 1 aromatic rings. The third-order valence-electron chi connectivity index (χ3n) is 1.71. The summed E-state index contributed by atoms with van der Waals surface area (Å²) in [5.74, 6) is -1.97. The van der Waals surface area contributed by atoms with E-state index in [1.807, 2.05) is 13.8 Å². The van der Waals surface area contributed by atoms with Gasteiger partial charge in [-0.05, 0) is 18.6 Å². The summed E-state index contributed by atoms with van der Waals surface area (Å²) in [7, 11) is 0. The summed E-state index contributed by atoms with van der Waals surface area (Å²) in [4.78, 5) is 10.8. The van der Waals surface area contributed by atoms with E-state index in [2.05, 4.69) is 5.32 Å². The van der Waals surface area contributed by atoms with E-state index in [1.165, 1.54) is 13.0 Å². The van der Waals surface area contributed by atoms with E-state index in [0.717, 1.165) is 6.07 Å². The first kappa shape index (κ1) is 14.5. The molecule has 3 N–H and O–H groups in total. The molecule has 0 saturated heterocycles. The van der Waals surface area contributed by atoms with E-state index in [9.17, 15) is 13.6 Å². The molecule has 3 nitrogen and oxygen atoms in total. The summed E-state index contributed by atoms with van der Waals surface area (Å²) in [5, 5.41) is 2.22. The van der Waals surface area contributed by atoms with Crippen molar-refractivity contribution in [3.8, 4) is 0 Å². The van der Waals surface area contributed by atoms with E-state index in [0.29, 0.717) is 0 Å². The van der Waals surface area contributed by atoms with Crippen LogP contribution in [0.3, 0.4) is 0 Å². The molecule has 0 aromatic heterocycles. The van der Waals surface area contributed by atoms with Crippen LogP contribution in [0.4, 0.5) is 14.5 Å². The van der Waals surface area contributed by atoms with E-state index in [-0.39, 0.29) is 17.8 Å². The Labute approximate surface area is 93.6 Å². The number of carbonyl (C=O) groups is 1. The van der Waals surface area contributed by atoms with Crippen LogP contribution in [-0.2, 0) is 4.79 Å². The predicted octanol–water partition coefficient (Wildman–Crippen LogP) is 2.20. The number of halogens is 2. The molecule has 0 radical (unpaired) electrons. The summed E-state index contributed by atoms with van der Waals surface area (Å²) in [6.45, 7) is 5.24. The molecule has 0 fully saturated rings. The topological polar surface area (TPSA) is 55.1 Å². The van der Waals surface area contributed by atoms with Crippen LogP contribution >= 0.6 is 0 Å². The van der Waals surface area contributed by atoms with Crippen LogP contribution in [0, 0.1) is 18.6 Å². The van der Waals surface area contributed by atoms with Crippen molar-refractivity contribution in [1.82, 2.24) is 0 Å². The maximum Gasteiger partial charge on any atom is 0.238 e. The second kappa shape index (κ2) is 6.90. The predicted molar refractivity (Wildman–Crippen MR) is 60.1 cm³/mol. The highest BCUT2D eigenvalue weighted by Gasteiger charge is 2.08. The van der Waals surface area contributed by atoms with E-state index >= 15 is 0 Å². The molecular formula is C11H16F2N2O. The molecule has 5 heteroatoms. The zero-order valence-corrected chi connectivity index (χ0v) is 9.60. The Morgan fingerprint density at radius 2 is 1.88 bits per heavy atom. The molecule has 1 aromatic carbocycles. The largest absolute Gasteiger partial charge is 0.322 e. The average Bonchev–Trinajstić information content (AvgIpc) is 2.28. The highest BCUT2D eigenvalue weighted by Crippen LogP contribution is 2.18.